The summed E-state index contributed by atoms with van der Waals surface area (Å²) in [5.41, 5.74) is 1.24. The highest BCUT2D eigenvalue weighted by molar-refractivity contribution is 6.30. The van der Waals surface area contributed by atoms with Crippen molar-refractivity contribution in [2.24, 2.45) is 0 Å². The van der Waals surface area contributed by atoms with E-state index in [2.05, 4.69) is 19.9 Å². The summed E-state index contributed by atoms with van der Waals surface area (Å²) in [7, 11) is 1.71. The molecule has 0 aliphatic carbocycles. The molecule has 0 heterocycles. The Morgan fingerprint density at radius 3 is 2.62 bits per heavy atom. The predicted molar refractivity (Wildman–Crippen MR) is 56.4 cm³/mol. The number of rotatable bonds is 3. The van der Waals surface area contributed by atoms with Crippen LogP contribution in [0.3, 0.4) is 0 Å². The van der Waals surface area contributed by atoms with E-state index in [9.17, 15) is 0 Å². The molecule has 0 N–H and O–H groups in total. The second-order valence-electron chi connectivity index (χ2n) is 3.83. The topological polar surface area (TPSA) is 9.23 Å². The van der Waals surface area contributed by atoms with Crippen molar-refractivity contribution in [1.29, 1.82) is 0 Å². The highest BCUT2D eigenvalue weighted by atomic mass is 35.5. The van der Waals surface area contributed by atoms with Gasteiger partial charge in [-0.2, -0.15) is 0 Å². The lowest BCUT2D eigenvalue weighted by atomic mass is 9.86. The van der Waals surface area contributed by atoms with Crippen molar-refractivity contribution in [1.82, 2.24) is 0 Å². The van der Waals surface area contributed by atoms with Gasteiger partial charge in [0.05, 0.1) is 6.61 Å². The molecule has 1 rings (SSSR count). The van der Waals surface area contributed by atoms with Crippen LogP contribution in [0.5, 0.6) is 0 Å². The predicted octanol–water partition coefficient (Wildman–Crippen LogP) is 3.26. The quantitative estimate of drug-likeness (QED) is 0.725. The molecular weight excluding hydrogens is 184 g/mol. The van der Waals surface area contributed by atoms with Crippen LogP contribution in [0.25, 0.3) is 0 Å². The molecule has 1 aromatic rings. The van der Waals surface area contributed by atoms with Gasteiger partial charge in [-0.15, -0.1) is 0 Å². The zero-order chi connectivity index (χ0) is 9.90. The first kappa shape index (κ1) is 10.6. The van der Waals surface area contributed by atoms with Crippen molar-refractivity contribution < 1.29 is 4.74 Å². The molecule has 0 atom stereocenters. The Bertz CT molecular complexity index is 281. The van der Waals surface area contributed by atoms with Gasteiger partial charge >= 0.3 is 0 Å². The van der Waals surface area contributed by atoms with Gasteiger partial charge in [-0.3, -0.25) is 0 Å². The first-order chi connectivity index (χ1) is 6.06. The van der Waals surface area contributed by atoms with Crippen LogP contribution < -0.4 is 0 Å². The van der Waals surface area contributed by atoms with Crippen LogP contribution >= 0.6 is 11.6 Å². The van der Waals surface area contributed by atoms with E-state index in [0.717, 1.165) is 5.02 Å². The van der Waals surface area contributed by atoms with Crippen molar-refractivity contribution in [3.05, 3.63) is 34.9 Å². The average Bonchev–Trinajstić information content (AvgIpc) is 2.04. The third-order valence-electron chi connectivity index (χ3n) is 2.11. The number of ether oxygens (including phenoxy) is 1. The van der Waals surface area contributed by atoms with Gasteiger partial charge in [-0.25, -0.2) is 0 Å². The second-order valence-corrected chi connectivity index (χ2v) is 4.26. The first-order valence-electron chi connectivity index (χ1n) is 4.31. The maximum absolute atomic E-state index is 5.91. The molecule has 2 heteroatoms. The summed E-state index contributed by atoms with van der Waals surface area (Å²) in [5.74, 6) is 0. The molecule has 72 valence electrons. The van der Waals surface area contributed by atoms with Crippen molar-refractivity contribution in [3.63, 3.8) is 0 Å². The third kappa shape index (κ3) is 2.71. The van der Waals surface area contributed by atoms with Crippen molar-refractivity contribution in [3.8, 4) is 0 Å². The fourth-order valence-corrected chi connectivity index (χ4v) is 1.54. The lowest BCUT2D eigenvalue weighted by Gasteiger charge is -2.24. The lowest BCUT2D eigenvalue weighted by Crippen LogP contribution is -2.23. The number of halogens is 1. The molecule has 0 fully saturated rings. The van der Waals surface area contributed by atoms with Crippen molar-refractivity contribution in [2.45, 2.75) is 19.3 Å². The van der Waals surface area contributed by atoms with Crippen LogP contribution in [0.4, 0.5) is 0 Å². The van der Waals surface area contributed by atoms with E-state index in [4.69, 9.17) is 16.3 Å². The van der Waals surface area contributed by atoms with Crippen LogP contribution in [0.1, 0.15) is 19.4 Å². The normalized spacial score (nSPS) is 11.7. The Morgan fingerprint density at radius 1 is 1.38 bits per heavy atom. The molecule has 0 radical (unpaired) electrons. The summed E-state index contributed by atoms with van der Waals surface area (Å²) in [6.07, 6.45) is 0. The van der Waals surface area contributed by atoms with E-state index >= 15 is 0 Å². The van der Waals surface area contributed by atoms with Gasteiger partial charge in [0.25, 0.3) is 0 Å². The van der Waals surface area contributed by atoms with E-state index in [1.165, 1.54) is 5.56 Å². The summed E-state index contributed by atoms with van der Waals surface area (Å²) in [4.78, 5) is 0. The third-order valence-corrected chi connectivity index (χ3v) is 2.35. The molecule has 0 aromatic heterocycles. The fourth-order valence-electron chi connectivity index (χ4n) is 1.35. The molecular formula is C11H15ClO. The second kappa shape index (κ2) is 4.12. The smallest absolute Gasteiger partial charge is 0.0553 e. The molecule has 0 bridgehead atoms. The van der Waals surface area contributed by atoms with E-state index in [1.54, 1.807) is 7.11 Å². The maximum atomic E-state index is 5.91. The van der Waals surface area contributed by atoms with E-state index < -0.39 is 0 Å². The number of methoxy groups -OCH3 is 1. The lowest BCUT2D eigenvalue weighted by molar-refractivity contribution is 0.146. The van der Waals surface area contributed by atoms with E-state index in [1.807, 2.05) is 18.2 Å². The van der Waals surface area contributed by atoms with Crippen LogP contribution in [-0.4, -0.2) is 13.7 Å². The zero-order valence-corrected chi connectivity index (χ0v) is 9.06. The molecule has 0 saturated carbocycles. The van der Waals surface area contributed by atoms with Crippen LogP contribution in [-0.2, 0) is 10.2 Å². The Morgan fingerprint density at radius 2 is 2.08 bits per heavy atom. The average molecular weight is 199 g/mol. The molecule has 0 amide bonds. The van der Waals surface area contributed by atoms with E-state index in [-0.39, 0.29) is 5.41 Å². The molecule has 0 aliphatic rings. The van der Waals surface area contributed by atoms with Gasteiger partial charge in [0.1, 0.15) is 0 Å². The molecule has 0 spiro atoms. The highest BCUT2D eigenvalue weighted by Gasteiger charge is 2.20. The van der Waals surface area contributed by atoms with Crippen molar-refractivity contribution in [2.75, 3.05) is 13.7 Å². The van der Waals surface area contributed by atoms with Gasteiger partial charge in [0.15, 0.2) is 0 Å². The molecule has 0 unspecified atom stereocenters. The Labute approximate surface area is 84.7 Å². The summed E-state index contributed by atoms with van der Waals surface area (Å²) < 4.78 is 5.16. The largest absolute Gasteiger partial charge is 0.384 e. The Kier molecular flexibility index (Phi) is 3.34. The van der Waals surface area contributed by atoms with Gasteiger partial charge < -0.3 is 4.74 Å². The summed E-state index contributed by atoms with van der Waals surface area (Å²) >= 11 is 5.91. The van der Waals surface area contributed by atoms with Gasteiger partial charge in [0, 0.05) is 17.5 Å². The Hall–Kier alpha value is -0.530. The molecule has 1 nitrogen and oxygen atoms in total. The van der Waals surface area contributed by atoms with Gasteiger partial charge in [0.2, 0.25) is 0 Å². The first-order valence-corrected chi connectivity index (χ1v) is 4.69. The summed E-state index contributed by atoms with van der Waals surface area (Å²) in [6.45, 7) is 4.98. The van der Waals surface area contributed by atoms with Crippen LogP contribution in [0.15, 0.2) is 24.3 Å². The minimum absolute atomic E-state index is 0.0274. The monoisotopic (exact) mass is 198 g/mol. The standard InChI is InChI=1S/C11H15ClO/c1-11(2,8-13-3)9-5-4-6-10(12)7-9/h4-7H,8H2,1-3H3. The molecule has 0 aliphatic heterocycles. The number of hydrogen-bond donors (Lipinski definition) is 0. The SMILES string of the molecule is COCC(C)(C)c1cccc(Cl)c1. The van der Waals surface area contributed by atoms with Crippen LogP contribution in [0.2, 0.25) is 5.02 Å². The summed E-state index contributed by atoms with van der Waals surface area (Å²) in [6, 6.07) is 7.91. The highest BCUT2D eigenvalue weighted by Crippen LogP contribution is 2.25. The van der Waals surface area contributed by atoms with Crippen LogP contribution in [0, 0.1) is 0 Å². The maximum Gasteiger partial charge on any atom is 0.0553 e. The van der Waals surface area contributed by atoms with Gasteiger partial charge in [-0.05, 0) is 17.7 Å². The Balaban J connectivity index is 2.93. The number of benzene rings is 1. The van der Waals surface area contributed by atoms with Gasteiger partial charge in [-0.1, -0.05) is 37.6 Å². The fraction of sp³-hybridized carbons (Fsp3) is 0.455. The van der Waals surface area contributed by atoms with E-state index in [0.29, 0.717) is 6.61 Å². The molecule has 0 saturated heterocycles. The number of hydrogen-bond acceptors (Lipinski definition) is 1. The van der Waals surface area contributed by atoms with Crippen molar-refractivity contribution >= 4 is 11.6 Å². The molecule has 1 aromatic carbocycles. The minimum Gasteiger partial charge on any atom is -0.384 e. The molecule has 13 heavy (non-hydrogen) atoms. The zero-order valence-electron chi connectivity index (χ0n) is 8.30. The summed E-state index contributed by atoms with van der Waals surface area (Å²) in [5, 5.41) is 0.779. The minimum atomic E-state index is 0.0274.